The van der Waals surface area contributed by atoms with Crippen molar-refractivity contribution in [3.05, 3.63) is 34.1 Å². The quantitative estimate of drug-likeness (QED) is 0.475. The summed E-state index contributed by atoms with van der Waals surface area (Å²) in [7, 11) is 1.33. The van der Waals surface area contributed by atoms with Crippen molar-refractivity contribution >= 4 is 27.6 Å². The average Bonchev–Trinajstić information content (AvgIpc) is 2.95. The lowest BCUT2D eigenvalue weighted by Crippen LogP contribution is -2.06. The number of carboxylic acid groups (broad SMARTS) is 1. The van der Waals surface area contributed by atoms with Crippen molar-refractivity contribution < 1.29 is 19.6 Å². The number of alkyl halides is 1. The third-order valence-electron chi connectivity index (χ3n) is 2.59. The fraction of sp³-hybridized carbons (Fsp3) is 0.182. The summed E-state index contributed by atoms with van der Waals surface area (Å²) in [6, 6.07) is 4.23. The van der Waals surface area contributed by atoms with Crippen LogP contribution >= 0.6 is 15.9 Å². The van der Waals surface area contributed by atoms with Gasteiger partial charge in [0.1, 0.15) is 5.82 Å². The summed E-state index contributed by atoms with van der Waals surface area (Å²) < 4.78 is 4.90. The maximum Gasteiger partial charge on any atom is 0.325 e. The van der Waals surface area contributed by atoms with Crippen LogP contribution < -0.4 is 4.74 Å². The molecule has 1 heterocycles. The highest BCUT2D eigenvalue weighted by atomic mass is 79.9. The number of hydrogen-bond donors (Lipinski definition) is 2. The van der Waals surface area contributed by atoms with Crippen LogP contribution in [-0.2, 0) is 4.79 Å². The Morgan fingerprint density at radius 1 is 1.57 bits per heavy atom. The Morgan fingerprint density at radius 3 is 2.86 bits per heavy atom. The summed E-state index contributed by atoms with van der Waals surface area (Å²) in [6.45, 7) is 0. The smallest absolute Gasteiger partial charge is 0.325 e. The molecule has 21 heavy (non-hydrogen) atoms. The van der Waals surface area contributed by atoms with E-state index < -0.39 is 15.7 Å². The van der Waals surface area contributed by atoms with E-state index >= 15 is 0 Å². The van der Waals surface area contributed by atoms with Gasteiger partial charge < -0.3 is 9.84 Å². The molecule has 0 aliphatic carbocycles. The molecule has 1 atom stereocenters. The van der Waals surface area contributed by atoms with Crippen LogP contribution in [-0.4, -0.2) is 38.3 Å². The molecule has 1 aromatic heterocycles. The molecule has 0 aliphatic heterocycles. The standard InChI is InChI=1S/C11H9BrN4O5/c1-21-7-3-2-5(4-6(7)16(19)20)9-13-10(15-14-9)8(12)11(17)18/h2-4,8H,1H3,(H,17,18)(H,13,14,15). The summed E-state index contributed by atoms with van der Waals surface area (Å²) in [5, 5.41) is 26.1. The number of hydrogen-bond acceptors (Lipinski definition) is 6. The summed E-state index contributed by atoms with van der Waals surface area (Å²) >= 11 is 2.94. The maximum atomic E-state index is 11.0. The molecule has 1 aromatic carbocycles. The zero-order valence-corrected chi connectivity index (χ0v) is 12.2. The van der Waals surface area contributed by atoms with Crippen LogP contribution in [0.4, 0.5) is 5.69 Å². The number of nitrogens with one attached hydrogen (secondary N) is 1. The van der Waals surface area contributed by atoms with E-state index in [0.29, 0.717) is 5.56 Å². The van der Waals surface area contributed by atoms with E-state index in [4.69, 9.17) is 9.84 Å². The minimum Gasteiger partial charge on any atom is -0.490 e. The Morgan fingerprint density at radius 2 is 2.29 bits per heavy atom. The number of ether oxygens (including phenoxy) is 1. The van der Waals surface area contributed by atoms with Crippen LogP contribution in [0.15, 0.2) is 18.2 Å². The Labute approximate surface area is 126 Å². The number of H-pyrrole nitrogens is 1. The molecular formula is C11H9BrN4O5. The number of aromatic nitrogens is 3. The lowest BCUT2D eigenvalue weighted by molar-refractivity contribution is -0.385. The van der Waals surface area contributed by atoms with Crippen molar-refractivity contribution in [1.82, 2.24) is 15.2 Å². The number of methoxy groups -OCH3 is 1. The highest BCUT2D eigenvalue weighted by molar-refractivity contribution is 9.09. The van der Waals surface area contributed by atoms with E-state index in [1.807, 2.05) is 0 Å². The highest BCUT2D eigenvalue weighted by Gasteiger charge is 2.22. The first kappa shape index (κ1) is 14.9. The molecule has 0 radical (unpaired) electrons. The number of nitro benzene ring substituents is 1. The number of halogens is 1. The van der Waals surface area contributed by atoms with Gasteiger partial charge >= 0.3 is 11.7 Å². The Hall–Kier alpha value is -2.49. The van der Waals surface area contributed by atoms with Gasteiger partial charge in [0.25, 0.3) is 0 Å². The maximum absolute atomic E-state index is 11.0. The SMILES string of the molecule is COc1ccc(-c2n[nH]c(C(Br)C(=O)O)n2)cc1[N+](=O)[O-]. The monoisotopic (exact) mass is 356 g/mol. The van der Waals surface area contributed by atoms with Crippen molar-refractivity contribution in [2.24, 2.45) is 0 Å². The summed E-state index contributed by atoms with van der Waals surface area (Å²) in [5.41, 5.74) is 0.144. The van der Waals surface area contributed by atoms with Crippen LogP contribution in [0.2, 0.25) is 0 Å². The largest absolute Gasteiger partial charge is 0.490 e. The van der Waals surface area contributed by atoms with Crippen LogP contribution in [0.25, 0.3) is 11.4 Å². The number of nitrogens with zero attached hydrogens (tertiary/aromatic N) is 3. The number of aliphatic carboxylic acids is 1. The lowest BCUT2D eigenvalue weighted by Gasteiger charge is -2.02. The molecule has 9 nitrogen and oxygen atoms in total. The summed E-state index contributed by atoms with van der Waals surface area (Å²) in [4.78, 5) is 24.2. The number of carboxylic acids is 1. The van der Waals surface area contributed by atoms with E-state index in [1.54, 1.807) is 6.07 Å². The van der Waals surface area contributed by atoms with Gasteiger partial charge in [-0.25, -0.2) is 4.98 Å². The molecular weight excluding hydrogens is 348 g/mol. The Kier molecular flexibility index (Phi) is 4.17. The Bertz CT molecular complexity index is 702. The minimum atomic E-state index is -1.13. The van der Waals surface area contributed by atoms with Gasteiger partial charge in [-0.05, 0) is 12.1 Å². The van der Waals surface area contributed by atoms with Gasteiger partial charge in [-0.3, -0.25) is 20.0 Å². The predicted octanol–water partition coefficient (Wildman–Crippen LogP) is 1.91. The Balaban J connectivity index is 2.41. The van der Waals surface area contributed by atoms with Crippen molar-refractivity contribution in [3.63, 3.8) is 0 Å². The van der Waals surface area contributed by atoms with Gasteiger partial charge in [0.2, 0.25) is 0 Å². The first-order valence-corrected chi connectivity index (χ1v) is 6.47. The van der Waals surface area contributed by atoms with Crippen molar-refractivity contribution in [3.8, 4) is 17.1 Å². The molecule has 110 valence electrons. The van der Waals surface area contributed by atoms with Crippen LogP contribution in [0, 0.1) is 10.1 Å². The molecule has 0 saturated carbocycles. The van der Waals surface area contributed by atoms with E-state index in [1.165, 1.54) is 19.2 Å². The van der Waals surface area contributed by atoms with Crippen molar-refractivity contribution in [2.75, 3.05) is 7.11 Å². The molecule has 0 fully saturated rings. The van der Waals surface area contributed by atoms with E-state index in [9.17, 15) is 14.9 Å². The van der Waals surface area contributed by atoms with Gasteiger partial charge in [-0.1, -0.05) is 15.9 Å². The number of nitro groups is 1. The van der Waals surface area contributed by atoms with Crippen molar-refractivity contribution in [2.45, 2.75) is 4.83 Å². The van der Waals surface area contributed by atoms with Crippen molar-refractivity contribution in [1.29, 1.82) is 0 Å². The molecule has 0 aliphatic rings. The van der Waals surface area contributed by atoms with Crippen LogP contribution in [0.1, 0.15) is 10.7 Å². The van der Waals surface area contributed by atoms with E-state index in [2.05, 4.69) is 31.1 Å². The highest BCUT2D eigenvalue weighted by Crippen LogP contribution is 2.31. The molecule has 2 aromatic rings. The molecule has 0 amide bonds. The number of aromatic amines is 1. The van der Waals surface area contributed by atoms with E-state index in [-0.39, 0.29) is 23.1 Å². The third-order valence-corrected chi connectivity index (χ3v) is 3.42. The number of benzene rings is 1. The molecule has 10 heteroatoms. The minimum absolute atomic E-state index is 0.0935. The fourth-order valence-corrected chi connectivity index (χ4v) is 1.81. The molecule has 2 rings (SSSR count). The average molecular weight is 357 g/mol. The van der Waals surface area contributed by atoms with Gasteiger partial charge in [0.05, 0.1) is 12.0 Å². The fourth-order valence-electron chi connectivity index (χ4n) is 1.61. The zero-order valence-electron chi connectivity index (χ0n) is 10.6. The van der Waals surface area contributed by atoms with Crippen LogP contribution in [0.5, 0.6) is 5.75 Å². The topological polar surface area (TPSA) is 131 Å². The van der Waals surface area contributed by atoms with Gasteiger partial charge in [-0.15, -0.1) is 0 Å². The molecule has 0 saturated heterocycles. The second-order valence-electron chi connectivity index (χ2n) is 3.89. The van der Waals surface area contributed by atoms with Gasteiger partial charge in [-0.2, -0.15) is 5.10 Å². The van der Waals surface area contributed by atoms with Crippen LogP contribution in [0.3, 0.4) is 0 Å². The zero-order chi connectivity index (χ0) is 15.6. The summed E-state index contributed by atoms with van der Waals surface area (Å²) in [5.74, 6) is -0.765. The normalized spacial score (nSPS) is 11.9. The molecule has 0 spiro atoms. The summed E-state index contributed by atoms with van der Waals surface area (Å²) in [6.07, 6.45) is 0. The van der Waals surface area contributed by atoms with E-state index in [0.717, 1.165) is 0 Å². The number of rotatable bonds is 5. The number of carbonyl (C=O) groups is 1. The lowest BCUT2D eigenvalue weighted by atomic mass is 10.2. The second-order valence-corrected chi connectivity index (χ2v) is 4.80. The predicted molar refractivity (Wildman–Crippen MR) is 74.3 cm³/mol. The first-order chi connectivity index (χ1) is 9.93. The first-order valence-electron chi connectivity index (χ1n) is 5.56. The van der Waals surface area contributed by atoms with Gasteiger partial charge in [0, 0.05) is 11.6 Å². The molecule has 2 N–H and O–H groups in total. The third kappa shape index (κ3) is 2.99. The van der Waals surface area contributed by atoms with Gasteiger partial charge in [0.15, 0.2) is 16.4 Å². The second kappa shape index (κ2) is 5.87. The molecule has 0 bridgehead atoms. The molecule has 1 unspecified atom stereocenters.